The summed E-state index contributed by atoms with van der Waals surface area (Å²) in [7, 11) is 3.94. The first-order chi connectivity index (χ1) is 17.7. The predicted octanol–water partition coefficient (Wildman–Crippen LogP) is 4.50. The Morgan fingerprint density at radius 3 is 2.30 bits per heavy atom. The van der Waals surface area contributed by atoms with Crippen LogP contribution in [-0.4, -0.2) is 51.8 Å². The number of para-hydroxylation sites is 1. The van der Waals surface area contributed by atoms with Crippen LogP contribution in [0.2, 0.25) is 0 Å². The van der Waals surface area contributed by atoms with E-state index in [1.807, 2.05) is 113 Å². The van der Waals surface area contributed by atoms with E-state index in [0.29, 0.717) is 12.2 Å². The van der Waals surface area contributed by atoms with E-state index < -0.39 is 6.04 Å². The van der Waals surface area contributed by atoms with Gasteiger partial charge < -0.3 is 15.1 Å². The number of amides is 2. The van der Waals surface area contributed by atoms with Crippen molar-refractivity contribution >= 4 is 34.2 Å². The molecule has 0 bridgehead atoms. The molecule has 0 saturated heterocycles. The Balaban J connectivity index is 1.64. The normalized spacial score (nSPS) is 11.9. The standard InChI is InChI=1S/C29H34N6O2/c1-20(2)28(29(37)30-23-14-16-24(17-15-23)33(4)5)34(18-22-11-7-6-10-21(22)3)27(36)19-35-26-13-9-8-12-25(26)31-32-35/h6-17,20,28H,18-19H2,1-5H3,(H,30,37)/t28-/m1/s1. The van der Waals surface area contributed by atoms with Crippen molar-refractivity contribution in [3.05, 3.63) is 83.9 Å². The molecule has 1 heterocycles. The van der Waals surface area contributed by atoms with Gasteiger partial charge in [-0.25, -0.2) is 4.68 Å². The lowest BCUT2D eigenvalue weighted by Gasteiger charge is -2.34. The van der Waals surface area contributed by atoms with Crippen LogP contribution in [0.15, 0.2) is 72.8 Å². The Kier molecular flexibility index (Phi) is 7.86. The van der Waals surface area contributed by atoms with Crippen LogP contribution in [0.5, 0.6) is 0 Å². The summed E-state index contributed by atoms with van der Waals surface area (Å²) in [5, 5.41) is 11.4. The lowest BCUT2D eigenvalue weighted by Crippen LogP contribution is -2.51. The fraction of sp³-hybridized carbons (Fsp3) is 0.310. The molecule has 0 radical (unpaired) electrons. The number of rotatable bonds is 9. The number of hydrogen-bond acceptors (Lipinski definition) is 5. The van der Waals surface area contributed by atoms with Crippen molar-refractivity contribution in [1.29, 1.82) is 0 Å². The van der Waals surface area contributed by atoms with Crippen LogP contribution >= 0.6 is 0 Å². The third kappa shape index (κ3) is 5.97. The Hall–Kier alpha value is -4.20. The van der Waals surface area contributed by atoms with Gasteiger partial charge in [-0.05, 0) is 60.4 Å². The number of nitrogens with one attached hydrogen (secondary N) is 1. The quantitative estimate of drug-likeness (QED) is 0.367. The molecule has 0 aliphatic heterocycles. The minimum atomic E-state index is -0.685. The van der Waals surface area contributed by atoms with Crippen LogP contribution in [-0.2, 0) is 22.7 Å². The molecule has 0 spiro atoms. The molecular formula is C29H34N6O2. The molecule has 3 aromatic carbocycles. The van der Waals surface area contributed by atoms with Gasteiger partial charge >= 0.3 is 0 Å². The molecule has 0 aliphatic rings. The summed E-state index contributed by atoms with van der Waals surface area (Å²) >= 11 is 0. The molecule has 8 heteroatoms. The Labute approximate surface area is 217 Å². The fourth-order valence-electron chi connectivity index (χ4n) is 4.43. The van der Waals surface area contributed by atoms with Crippen LogP contribution in [0.3, 0.4) is 0 Å². The summed E-state index contributed by atoms with van der Waals surface area (Å²) in [6.45, 7) is 6.23. The second kappa shape index (κ2) is 11.2. The van der Waals surface area contributed by atoms with Crippen molar-refractivity contribution in [2.45, 2.75) is 39.9 Å². The van der Waals surface area contributed by atoms with Gasteiger partial charge in [0.15, 0.2) is 0 Å². The van der Waals surface area contributed by atoms with Gasteiger partial charge in [0, 0.05) is 32.0 Å². The highest BCUT2D eigenvalue weighted by atomic mass is 16.2. The fourth-order valence-corrected chi connectivity index (χ4v) is 4.43. The minimum Gasteiger partial charge on any atom is -0.378 e. The Morgan fingerprint density at radius 1 is 0.946 bits per heavy atom. The van der Waals surface area contributed by atoms with E-state index in [-0.39, 0.29) is 24.3 Å². The first-order valence-corrected chi connectivity index (χ1v) is 12.4. The minimum absolute atomic E-state index is 0.0135. The number of fused-ring (bicyclic) bond motifs is 1. The van der Waals surface area contributed by atoms with Gasteiger partial charge in [-0.3, -0.25) is 9.59 Å². The molecule has 4 rings (SSSR count). The zero-order valence-electron chi connectivity index (χ0n) is 22.0. The van der Waals surface area contributed by atoms with Gasteiger partial charge in [0.2, 0.25) is 11.8 Å². The first kappa shape index (κ1) is 25.9. The topological polar surface area (TPSA) is 83.4 Å². The smallest absolute Gasteiger partial charge is 0.247 e. The average molecular weight is 499 g/mol. The van der Waals surface area contributed by atoms with E-state index in [2.05, 4.69) is 15.6 Å². The predicted molar refractivity (Wildman–Crippen MR) is 147 cm³/mol. The van der Waals surface area contributed by atoms with Crippen LogP contribution in [0.25, 0.3) is 11.0 Å². The molecule has 0 aliphatic carbocycles. The van der Waals surface area contributed by atoms with Crippen molar-refractivity contribution in [1.82, 2.24) is 19.9 Å². The van der Waals surface area contributed by atoms with Crippen molar-refractivity contribution < 1.29 is 9.59 Å². The summed E-state index contributed by atoms with van der Waals surface area (Å²) in [5.41, 5.74) is 5.28. The van der Waals surface area contributed by atoms with Crippen LogP contribution in [0, 0.1) is 12.8 Å². The summed E-state index contributed by atoms with van der Waals surface area (Å²) in [6, 6.07) is 22.4. The van der Waals surface area contributed by atoms with Gasteiger partial charge in [-0.1, -0.05) is 55.5 Å². The van der Waals surface area contributed by atoms with Crippen molar-refractivity contribution in [2.24, 2.45) is 5.92 Å². The molecule has 1 N–H and O–H groups in total. The molecule has 0 saturated carbocycles. The Bertz CT molecular complexity index is 1380. The molecule has 1 aromatic heterocycles. The van der Waals surface area contributed by atoms with E-state index in [4.69, 9.17) is 0 Å². The second-order valence-corrected chi connectivity index (χ2v) is 9.80. The SMILES string of the molecule is Cc1ccccc1CN(C(=O)Cn1nnc2ccccc21)[C@@H](C(=O)Nc1ccc(N(C)C)cc1)C(C)C. The molecule has 192 valence electrons. The second-order valence-electron chi connectivity index (χ2n) is 9.80. The van der Waals surface area contributed by atoms with E-state index >= 15 is 0 Å². The summed E-state index contributed by atoms with van der Waals surface area (Å²) in [5.74, 6) is -0.546. The number of aryl methyl sites for hydroxylation is 1. The Morgan fingerprint density at radius 2 is 1.62 bits per heavy atom. The van der Waals surface area contributed by atoms with Crippen LogP contribution < -0.4 is 10.2 Å². The summed E-state index contributed by atoms with van der Waals surface area (Å²) < 4.78 is 1.60. The molecule has 1 atom stereocenters. The number of carbonyl (C=O) groups excluding carboxylic acids is 2. The third-order valence-corrected chi connectivity index (χ3v) is 6.51. The lowest BCUT2D eigenvalue weighted by atomic mass is 9.99. The maximum absolute atomic E-state index is 13.8. The maximum Gasteiger partial charge on any atom is 0.247 e. The van der Waals surface area contributed by atoms with E-state index in [9.17, 15) is 9.59 Å². The zero-order chi connectivity index (χ0) is 26.5. The highest BCUT2D eigenvalue weighted by molar-refractivity contribution is 5.97. The summed E-state index contributed by atoms with van der Waals surface area (Å²) in [6.07, 6.45) is 0. The molecular weight excluding hydrogens is 464 g/mol. The van der Waals surface area contributed by atoms with Gasteiger partial charge in [0.25, 0.3) is 0 Å². The largest absolute Gasteiger partial charge is 0.378 e. The zero-order valence-corrected chi connectivity index (χ0v) is 22.0. The van der Waals surface area contributed by atoms with Gasteiger partial charge in [-0.2, -0.15) is 0 Å². The number of hydrogen-bond donors (Lipinski definition) is 1. The molecule has 2 amide bonds. The molecule has 4 aromatic rings. The lowest BCUT2D eigenvalue weighted by molar-refractivity contribution is -0.141. The molecule has 37 heavy (non-hydrogen) atoms. The highest BCUT2D eigenvalue weighted by Crippen LogP contribution is 2.22. The number of benzene rings is 3. The number of carbonyl (C=O) groups is 2. The van der Waals surface area contributed by atoms with Crippen LogP contribution in [0.4, 0.5) is 11.4 Å². The van der Waals surface area contributed by atoms with E-state index in [1.165, 1.54) is 0 Å². The highest BCUT2D eigenvalue weighted by Gasteiger charge is 2.33. The van der Waals surface area contributed by atoms with E-state index in [1.54, 1.807) is 9.58 Å². The average Bonchev–Trinajstić information content (AvgIpc) is 3.27. The van der Waals surface area contributed by atoms with Crippen molar-refractivity contribution in [3.8, 4) is 0 Å². The molecule has 0 unspecified atom stereocenters. The van der Waals surface area contributed by atoms with Crippen molar-refractivity contribution in [3.63, 3.8) is 0 Å². The summed E-state index contributed by atoms with van der Waals surface area (Å²) in [4.78, 5) is 31.2. The van der Waals surface area contributed by atoms with Crippen molar-refractivity contribution in [2.75, 3.05) is 24.3 Å². The van der Waals surface area contributed by atoms with Gasteiger partial charge in [0.1, 0.15) is 18.1 Å². The number of aromatic nitrogens is 3. The molecule has 8 nitrogen and oxygen atoms in total. The van der Waals surface area contributed by atoms with Gasteiger partial charge in [-0.15, -0.1) is 5.10 Å². The number of anilines is 2. The monoisotopic (exact) mass is 498 g/mol. The van der Waals surface area contributed by atoms with E-state index in [0.717, 1.165) is 27.8 Å². The van der Waals surface area contributed by atoms with Crippen LogP contribution in [0.1, 0.15) is 25.0 Å². The maximum atomic E-state index is 13.8. The number of nitrogens with zero attached hydrogens (tertiary/aromatic N) is 5. The first-order valence-electron chi connectivity index (χ1n) is 12.4. The third-order valence-electron chi connectivity index (χ3n) is 6.51. The molecule has 0 fully saturated rings. The van der Waals surface area contributed by atoms with Gasteiger partial charge in [0.05, 0.1) is 5.52 Å².